The van der Waals surface area contributed by atoms with Gasteiger partial charge in [-0.3, -0.25) is 15.0 Å². The fraction of sp³-hybridized carbons (Fsp3) is 0. The summed E-state index contributed by atoms with van der Waals surface area (Å²) in [6.45, 7) is 0. The molecule has 1 aromatic heterocycles. The van der Waals surface area contributed by atoms with Gasteiger partial charge in [-0.05, 0) is 36.4 Å². The van der Waals surface area contributed by atoms with E-state index >= 15 is 0 Å². The number of halogens is 1. The fourth-order valence-corrected chi connectivity index (χ4v) is 1.92. The number of aromatic nitrogens is 2. The first kappa shape index (κ1) is 13.7. The Hall–Kier alpha value is -3.22. The van der Waals surface area contributed by atoms with Gasteiger partial charge in [-0.2, -0.15) is 0 Å². The summed E-state index contributed by atoms with van der Waals surface area (Å²) < 4.78 is 13.5. The third-order valence-electron chi connectivity index (χ3n) is 3.02. The molecule has 0 aliphatic heterocycles. The molecule has 0 saturated carbocycles. The van der Waals surface area contributed by atoms with Crippen molar-refractivity contribution in [3.05, 3.63) is 64.7 Å². The second-order valence-corrected chi connectivity index (χ2v) is 4.50. The maximum atomic E-state index is 13.5. The molecule has 3 rings (SSSR count). The molecule has 0 spiro atoms. The molecule has 6 nitrogen and oxygen atoms in total. The van der Waals surface area contributed by atoms with E-state index in [9.17, 15) is 14.3 Å². The molecular formula is C15H11FN4O2. The lowest BCUT2D eigenvalue weighted by Crippen LogP contribution is -1.96. The molecule has 0 aliphatic carbocycles. The van der Waals surface area contributed by atoms with E-state index in [1.807, 2.05) is 0 Å². The Balaban J connectivity index is 2.01. The summed E-state index contributed by atoms with van der Waals surface area (Å²) in [7, 11) is 0. The largest absolute Gasteiger partial charge is 0.508 e. The number of hydrogen-bond acceptors (Lipinski definition) is 4. The molecule has 110 valence electrons. The van der Waals surface area contributed by atoms with Crippen LogP contribution in [-0.2, 0) is 0 Å². The van der Waals surface area contributed by atoms with Crippen molar-refractivity contribution in [2.24, 2.45) is 10.2 Å². The van der Waals surface area contributed by atoms with Crippen molar-refractivity contribution in [2.75, 3.05) is 0 Å². The zero-order chi connectivity index (χ0) is 15.5. The zero-order valence-electron chi connectivity index (χ0n) is 11.2. The van der Waals surface area contributed by atoms with Crippen LogP contribution in [0, 0.1) is 5.82 Å². The molecule has 3 aromatic rings. The van der Waals surface area contributed by atoms with Gasteiger partial charge < -0.3 is 5.11 Å². The first-order chi connectivity index (χ1) is 10.6. The minimum atomic E-state index is -0.524. The molecule has 1 heterocycles. The predicted octanol–water partition coefficient (Wildman–Crippen LogP) is 3.63. The van der Waals surface area contributed by atoms with E-state index < -0.39 is 11.4 Å². The summed E-state index contributed by atoms with van der Waals surface area (Å²) in [4.78, 5) is 11.8. The lowest BCUT2D eigenvalue weighted by molar-refractivity contribution is 0.475. The van der Waals surface area contributed by atoms with Crippen molar-refractivity contribution in [3.63, 3.8) is 0 Å². The lowest BCUT2D eigenvalue weighted by atomic mass is 10.1. The molecule has 0 fully saturated rings. The molecule has 0 radical (unpaired) electrons. The van der Waals surface area contributed by atoms with Gasteiger partial charge in [0.05, 0.1) is 5.69 Å². The highest BCUT2D eigenvalue weighted by atomic mass is 19.1. The van der Waals surface area contributed by atoms with Crippen LogP contribution in [0.25, 0.3) is 11.3 Å². The van der Waals surface area contributed by atoms with Crippen molar-refractivity contribution in [1.82, 2.24) is 10.2 Å². The number of azo groups is 1. The number of benzene rings is 2. The second-order valence-electron chi connectivity index (χ2n) is 4.50. The van der Waals surface area contributed by atoms with Crippen LogP contribution < -0.4 is 5.56 Å². The number of rotatable bonds is 3. The normalized spacial score (nSPS) is 11.1. The number of nitrogens with zero attached hydrogens (tertiary/aromatic N) is 2. The van der Waals surface area contributed by atoms with Gasteiger partial charge in [0, 0.05) is 5.56 Å². The molecule has 2 aromatic carbocycles. The van der Waals surface area contributed by atoms with Gasteiger partial charge in [-0.1, -0.05) is 12.1 Å². The maximum Gasteiger partial charge on any atom is 0.292 e. The van der Waals surface area contributed by atoms with E-state index in [0.717, 1.165) is 0 Å². The Labute approximate surface area is 124 Å². The van der Waals surface area contributed by atoms with E-state index in [-0.39, 0.29) is 17.1 Å². The highest BCUT2D eigenvalue weighted by Crippen LogP contribution is 2.28. The molecule has 0 bridgehead atoms. The minimum absolute atomic E-state index is 0.0361. The summed E-state index contributed by atoms with van der Waals surface area (Å²) in [6.07, 6.45) is 0. The summed E-state index contributed by atoms with van der Waals surface area (Å²) in [5.41, 5.74) is 0.653. The smallest absolute Gasteiger partial charge is 0.292 e. The number of nitrogens with one attached hydrogen (secondary N) is 2. The molecular weight excluding hydrogens is 287 g/mol. The van der Waals surface area contributed by atoms with Gasteiger partial charge in [0.15, 0.2) is 11.5 Å². The first-order valence-electron chi connectivity index (χ1n) is 6.41. The predicted molar refractivity (Wildman–Crippen MR) is 79.1 cm³/mol. The molecule has 0 saturated heterocycles. The quantitative estimate of drug-likeness (QED) is 0.644. The number of aromatic hydroxyl groups is 1. The summed E-state index contributed by atoms with van der Waals surface area (Å²) >= 11 is 0. The van der Waals surface area contributed by atoms with Gasteiger partial charge in [-0.25, -0.2) is 4.39 Å². The number of hydrogen-bond donors (Lipinski definition) is 3. The Morgan fingerprint density at radius 1 is 0.955 bits per heavy atom. The number of aromatic amines is 2. The zero-order valence-corrected chi connectivity index (χ0v) is 11.2. The Morgan fingerprint density at radius 3 is 2.41 bits per heavy atom. The molecule has 0 aliphatic rings. The van der Waals surface area contributed by atoms with E-state index in [0.29, 0.717) is 11.3 Å². The van der Waals surface area contributed by atoms with Crippen LogP contribution in [-0.4, -0.2) is 15.3 Å². The standard InChI is InChI=1S/C15H11FN4O2/c16-11-3-1-2-4-12(11)17-19-14-13(18-20-15(14)22)9-5-7-10(21)8-6-9/h1-8,21H,(H2,18,20,22). The van der Waals surface area contributed by atoms with Crippen molar-refractivity contribution in [1.29, 1.82) is 0 Å². The van der Waals surface area contributed by atoms with Crippen LogP contribution in [0.4, 0.5) is 15.8 Å². The van der Waals surface area contributed by atoms with Crippen molar-refractivity contribution in [2.45, 2.75) is 0 Å². The van der Waals surface area contributed by atoms with Crippen molar-refractivity contribution >= 4 is 11.4 Å². The third-order valence-corrected chi connectivity index (χ3v) is 3.02. The van der Waals surface area contributed by atoms with Crippen molar-refractivity contribution < 1.29 is 9.50 Å². The minimum Gasteiger partial charge on any atom is -0.508 e. The van der Waals surface area contributed by atoms with Gasteiger partial charge in [0.25, 0.3) is 5.56 Å². The Morgan fingerprint density at radius 2 is 1.68 bits per heavy atom. The van der Waals surface area contributed by atoms with Crippen LogP contribution in [0.3, 0.4) is 0 Å². The second kappa shape index (κ2) is 5.65. The van der Waals surface area contributed by atoms with Gasteiger partial charge in [0.1, 0.15) is 11.4 Å². The molecule has 0 atom stereocenters. The summed E-state index contributed by atoms with van der Waals surface area (Å²) in [5, 5.41) is 22.0. The van der Waals surface area contributed by atoms with Crippen LogP contribution in [0.2, 0.25) is 0 Å². The van der Waals surface area contributed by atoms with Crippen LogP contribution in [0.15, 0.2) is 63.6 Å². The summed E-state index contributed by atoms with van der Waals surface area (Å²) in [5.74, 6) is -0.416. The average Bonchev–Trinajstić information content (AvgIpc) is 2.88. The third kappa shape index (κ3) is 2.64. The SMILES string of the molecule is O=c1[nH][nH]c(-c2ccc(O)cc2)c1N=Nc1ccccc1F. The molecule has 7 heteroatoms. The Kier molecular flexibility index (Phi) is 3.53. The van der Waals surface area contributed by atoms with Gasteiger partial charge >= 0.3 is 0 Å². The Bertz CT molecular complexity index is 881. The van der Waals surface area contributed by atoms with Gasteiger partial charge in [0.2, 0.25) is 0 Å². The molecule has 0 unspecified atom stereocenters. The lowest BCUT2D eigenvalue weighted by Gasteiger charge is -1.99. The van der Waals surface area contributed by atoms with Gasteiger partial charge in [-0.15, -0.1) is 10.2 Å². The highest BCUT2D eigenvalue weighted by Gasteiger charge is 2.12. The highest BCUT2D eigenvalue weighted by molar-refractivity contribution is 5.71. The topological polar surface area (TPSA) is 93.6 Å². The van der Waals surface area contributed by atoms with E-state index in [4.69, 9.17) is 0 Å². The van der Waals surface area contributed by atoms with E-state index in [1.165, 1.54) is 24.3 Å². The molecule has 3 N–H and O–H groups in total. The number of H-pyrrole nitrogens is 2. The van der Waals surface area contributed by atoms with Crippen LogP contribution in [0.1, 0.15) is 0 Å². The first-order valence-corrected chi connectivity index (χ1v) is 6.41. The van der Waals surface area contributed by atoms with E-state index in [1.54, 1.807) is 24.3 Å². The molecule has 0 amide bonds. The van der Waals surface area contributed by atoms with E-state index in [2.05, 4.69) is 20.4 Å². The number of phenols is 1. The van der Waals surface area contributed by atoms with Crippen molar-refractivity contribution in [3.8, 4) is 17.0 Å². The van der Waals surface area contributed by atoms with Crippen LogP contribution in [0.5, 0.6) is 5.75 Å². The van der Waals surface area contributed by atoms with Crippen LogP contribution >= 0.6 is 0 Å². The molecule has 22 heavy (non-hydrogen) atoms. The maximum absolute atomic E-state index is 13.5. The summed E-state index contributed by atoms with van der Waals surface area (Å²) in [6, 6.07) is 12.1. The number of phenolic OH excluding ortho intramolecular Hbond substituents is 1. The average molecular weight is 298 g/mol. The fourth-order valence-electron chi connectivity index (χ4n) is 1.92. The monoisotopic (exact) mass is 298 g/mol.